The molecule has 2 fully saturated rings. The number of rotatable bonds is 6. The SMILES string of the molecule is CCN1C(=O)C(=CC=C2SCCN2CCCS(=O)(=O)[O-])SC1=S.[K+]. The van der Waals surface area contributed by atoms with Crippen molar-refractivity contribution < 1.29 is 69.1 Å². The average molecular weight is 433 g/mol. The molecule has 0 aromatic heterocycles. The number of amides is 1. The van der Waals surface area contributed by atoms with Gasteiger partial charge in [0.05, 0.1) is 20.1 Å². The molecule has 2 heterocycles. The minimum Gasteiger partial charge on any atom is -0.748 e. The van der Waals surface area contributed by atoms with Crippen LogP contribution in [0.25, 0.3) is 0 Å². The number of likely N-dealkylation sites (N-methyl/N-ethyl adjacent to an activating group) is 1. The summed E-state index contributed by atoms with van der Waals surface area (Å²) in [5.74, 6) is 0.474. The number of hydrogen-bond donors (Lipinski definition) is 0. The van der Waals surface area contributed by atoms with Crippen molar-refractivity contribution in [2.75, 3.05) is 31.1 Å². The minimum absolute atomic E-state index is 0. The van der Waals surface area contributed by atoms with Crippen LogP contribution in [-0.4, -0.2) is 64.1 Å². The summed E-state index contributed by atoms with van der Waals surface area (Å²) in [6.45, 7) is 3.76. The molecule has 0 N–H and O–H groups in total. The fourth-order valence-electron chi connectivity index (χ4n) is 2.20. The first-order valence-electron chi connectivity index (χ1n) is 7.09. The molecular weight excluding hydrogens is 416 g/mol. The Hall–Kier alpha value is 1.09. The molecule has 0 bridgehead atoms. The van der Waals surface area contributed by atoms with Gasteiger partial charge >= 0.3 is 51.4 Å². The predicted molar refractivity (Wildman–Crippen MR) is 97.0 cm³/mol. The van der Waals surface area contributed by atoms with E-state index in [0.29, 0.717) is 28.7 Å². The van der Waals surface area contributed by atoms with E-state index in [1.165, 1.54) is 11.8 Å². The van der Waals surface area contributed by atoms with E-state index in [9.17, 15) is 17.8 Å². The van der Waals surface area contributed by atoms with E-state index in [4.69, 9.17) is 12.2 Å². The minimum atomic E-state index is -4.16. The van der Waals surface area contributed by atoms with Crippen LogP contribution in [0.4, 0.5) is 0 Å². The predicted octanol–water partition coefficient (Wildman–Crippen LogP) is -1.42. The molecular formula is C13H17KN2O4S4. The van der Waals surface area contributed by atoms with Crippen LogP contribution < -0.4 is 51.4 Å². The first-order valence-corrected chi connectivity index (χ1v) is 10.9. The molecule has 2 aliphatic rings. The van der Waals surface area contributed by atoms with Gasteiger partial charge in [-0.3, -0.25) is 9.69 Å². The molecule has 0 aromatic carbocycles. The number of allylic oxidation sites excluding steroid dienone is 2. The van der Waals surface area contributed by atoms with E-state index < -0.39 is 10.1 Å². The van der Waals surface area contributed by atoms with Crippen molar-refractivity contribution >= 4 is 56.1 Å². The zero-order chi connectivity index (χ0) is 17.0. The Kier molecular flexibility index (Phi) is 10.0. The second-order valence-electron chi connectivity index (χ2n) is 4.90. The standard InChI is InChI=1S/C13H18N2O4S4.K/c1-2-15-12(16)10(22-13(15)20)4-5-11-14(7-8-21-11)6-3-9-23(17,18)19;/h4-5H,2-3,6-9H2,1H3,(H,17,18,19);/q;+1/p-1. The van der Waals surface area contributed by atoms with Crippen LogP contribution in [0.15, 0.2) is 22.1 Å². The van der Waals surface area contributed by atoms with Gasteiger partial charge in [-0.2, -0.15) is 0 Å². The zero-order valence-electron chi connectivity index (χ0n) is 13.6. The zero-order valence-corrected chi connectivity index (χ0v) is 19.9. The van der Waals surface area contributed by atoms with Gasteiger partial charge in [0.15, 0.2) is 0 Å². The molecule has 0 aliphatic carbocycles. The number of carbonyl (C=O) groups is 1. The summed E-state index contributed by atoms with van der Waals surface area (Å²) >= 11 is 8.10. The van der Waals surface area contributed by atoms with Gasteiger partial charge in [0.25, 0.3) is 5.91 Å². The van der Waals surface area contributed by atoms with Gasteiger partial charge in [0.1, 0.15) is 4.32 Å². The van der Waals surface area contributed by atoms with E-state index in [1.54, 1.807) is 22.7 Å². The van der Waals surface area contributed by atoms with Crippen molar-refractivity contribution in [3.8, 4) is 0 Å². The smallest absolute Gasteiger partial charge is 0.748 e. The molecule has 2 rings (SSSR count). The van der Waals surface area contributed by atoms with Crippen molar-refractivity contribution in [1.29, 1.82) is 0 Å². The number of thioether (sulfide) groups is 2. The van der Waals surface area contributed by atoms with Gasteiger partial charge in [0.2, 0.25) is 0 Å². The Morgan fingerprint density at radius 3 is 2.67 bits per heavy atom. The van der Waals surface area contributed by atoms with Gasteiger partial charge < -0.3 is 9.45 Å². The van der Waals surface area contributed by atoms with E-state index in [2.05, 4.69) is 0 Å². The van der Waals surface area contributed by atoms with E-state index >= 15 is 0 Å². The van der Waals surface area contributed by atoms with Crippen LogP contribution in [0.1, 0.15) is 13.3 Å². The topological polar surface area (TPSA) is 80.8 Å². The summed E-state index contributed by atoms with van der Waals surface area (Å²) in [5.41, 5.74) is 0. The molecule has 24 heavy (non-hydrogen) atoms. The molecule has 0 aromatic rings. The summed E-state index contributed by atoms with van der Waals surface area (Å²) in [5, 5.41) is 0.982. The Morgan fingerprint density at radius 1 is 1.38 bits per heavy atom. The molecule has 2 aliphatic heterocycles. The third-order valence-corrected chi connectivity index (χ3v) is 6.57. The van der Waals surface area contributed by atoms with Crippen LogP contribution >= 0.6 is 35.7 Å². The largest absolute Gasteiger partial charge is 1.00 e. The van der Waals surface area contributed by atoms with Crippen LogP contribution in [0.5, 0.6) is 0 Å². The Labute approximate surface area is 199 Å². The second kappa shape index (κ2) is 10.4. The van der Waals surface area contributed by atoms with Crippen molar-refractivity contribution in [3.05, 3.63) is 22.1 Å². The van der Waals surface area contributed by atoms with E-state index in [0.717, 1.165) is 17.3 Å². The maximum Gasteiger partial charge on any atom is 1.00 e. The van der Waals surface area contributed by atoms with Gasteiger partial charge in [-0.05, 0) is 25.5 Å². The Balaban J connectivity index is 0.00000288. The first-order chi connectivity index (χ1) is 10.8. The third-order valence-electron chi connectivity index (χ3n) is 3.31. The average Bonchev–Trinajstić information content (AvgIpc) is 3.00. The number of thiocarbonyl (C=S) groups is 1. The van der Waals surface area contributed by atoms with Crippen LogP contribution in [0.2, 0.25) is 0 Å². The molecule has 0 spiro atoms. The fraction of sp³-hybridized carbons (Fsp3) is 0.538. The fourth-order valence-corrected chi connectivity index (χ4v) is 5.06. The van der Waals surface area contributed by atoms with Crippen LogP contribution in [-0.2, 0) is 14.9 Å². The first kappa shape index (κ1) is 23.1. The molecule has 128 valence electrons. The molecule has 0 radical (unpaired) electrons. The molecule has 0 atom stereocenters. The number of nitrogens with zero attached hydrogens (tertiary/aromatic N) is 2. The van der Waals surface area contributed by atoms with Gasteiger partial charge in [-0.25, -0.2) is 8.42 Å². The molecule has 0 unspecified atom stereocenters. The van der Waals surface area contributed by atoms with Gasteiger partial charge in [-0.1, -0.05) is 24.0 Å². The summed E-state index contributed by atoms with van der Waals surface area (Å²) in [7, 11) is -4.16. The third kappa shape index (κ3) is 6.67. The van der Waals surface area contributed by atoms with Crippen LogP contribution in [0, 0.1) is 0 Å². The van der Waals surface area contributed by atoms with Gasteiger partial charge in [0, 0.05) is 31.1 Å². The van der Waals surface area contributed by atoms with E-state index in [-0.39, 0.29) is 63.0 Å². The van der Waals surface area contributed by atoms with Crippen LogP contribution in [0.3, 0.4) is 0 Å². The van der Waals surface area contributed by atoms with Crippen molar-refractivity contribution in [2.24, 2.45) is 0 Å². The number of carbonyl (C=O) groups excluding carboxylic acids is 1. The molecule has 11 heteroatoms. The summed E-state index contributed by atoms with van der Waals surface area (Å²) < 4.78 is 32.5. The molecule has 1 amide bonds. The normalized spacial score (nSPS) is 21.9. The Morgan fingerprint density at radius 2 is 2.08 bits per heavy atom. The van der Waals surface area contributed by atoms with Crippen molar-refractivity contribution in [2.45, 2.75) is 13.3 Å². The summed E-state index contributed by atoms with van der Waals surface area (Å²) in [6.07, 6.45) is 3.94. The van der Waals surface area contributed by atoms with Gasteiger partial charge in [-0.15, -0.1) is 11.8 Å². The maximum absolute atomic E-state index is 12.1. The Bertz CT molecular complexity index is 663. The summed E-state index contributed by atoms with van der Waals surface area (Å²) in [6, 6.07) is 0. The van der Waals surface area contributed by atoms with Crippen molar-refractivity contribution in [1.82, 2.24) is 9.80 Å². The maximum atomic E-state index is 12.1. The molecule has 0 saturated carbocycles. The number of hydrogen-bond acceptors (Lipinski definition) is 8. The van der Waals surface area contributed by atoms with Crippen molar-refractivity contribution in [3.63, 3.8) is 0 Å². The summed E-state index contributed by atoms with van der Waals surface area (Å²) in [4.78, 5) is 16.3. The second-order valence-corrected chi connectivity index (χ2v) is 9.22. The molecule has 2 saturated heterocycles. The quantitative estimate of drug-likeness (QED) is 0.219. The monoisotopic (exact) mass is 432 g/mol. The van der Waals surface area contributed by atoms with E-state index in [1.807, 2.05) is 17.9 Å². The molecule has 6 nitrogen and oxygen atoms in total.